The van der Waals surface area contributed by atoms with Crippen molar-refractivity contribution in [1.29, 1.82) is 0 Å². The number of urea groups is 1. The molecule has 1 saturated carbocycles. The molecule has 74 valence electrons. The molecule has 0 radical (unpaired) electrons. The van der Waals surface area contributed by atoms with E-state index in [1.807, 2.05) is 0 Å². The van der Waals surface area contributed by atoms with Gasteiger partial charge in [0.25, 0.3) is 0 Å². The fraction of sp³-hybridized carbons (Fsp3) is 0.889. The van der Waals surface area contributed by atoms with Crippen LogP contribution in [0.15, 0.2) is 0 Å². The Bertz CT molecular complexity index is 210. The van der Waals surface area contributed by atoms with Gasteiger partial charge in [0.2, 0.25) is 0 Å². The third-order valence-corrected chi connectivity index (χ3v) is 2.81. The first kappa shape index (κ1) is 8.81. The molecule has 2 aliphatic heterocycles. The van der Waals surface area contributed by atoms with Gasteiger partial charge in [0.15, 0.2) is 0 Å². The van der Waals surface area contributed by atoms with Gasteiger partial charge in [-0.2, -0.15) is 5.06 Å². The average molecular weight is 184 g/mol. The minimum absolute atomic E-state index is 0.0191. The van der Waals surface area contributed by atoms with Crippen LogP contribution >= 0.6 is 0 Å². The third kappa shape index (κ3) is 1.50. The number of nitrogens with zero attached hydrogens (tertiary/aromatic N) is 2. The number of fused-ring (bicyclic) bond motifs is 3. The molecular formula is C9H16N2O2. The molecule has 2 bridgehead atoms. The Labute approximate surface area is 78.4 Å². The predicted molar refractivity (Wildman–Crippen MR) is 48.1 cm³/mol. The lowest BCUT2D eigenvalue weighted by Gasteiger charge is -2.44. The molecule has 3 rings (SSSR count). The van der Waals surface area contributed by atoms with Crippen LogP contribution in [-0.4, -0.2) is 42.2 Å². The summed E-state index contributed by atoms with van der Waals surface area (Å²) in [6.07, 6.45) is 4.71. The second kappa shape index (κ2) is 3.18. The summed E-state index contributed by atoms with van der Waals surface area (Å²) in [4.78, 5) is 18.7. The maximum atomic E-state index is 11.6. The lowest BCUT2D eigenvalue weighted by atomic mass is 9.91. The Morgan fingerprint density at radius 2 is 1.92 bits per heavy atom. The van der Waals surface area contributed by atoms with Crippen molar-refractivity contribution in [3.63, 3.8) is 0 Å². The molecule has 0 atom stereocenters. The molecule has 0 aromatic carbocycles. The molecule has 0 spiro atoms. The number of hydroxylamine groups is 2. The Morgan fingerprint density at radius 1 is 1.31 bits per heavy atom. The molecule has 0 N–H and O–H groups in total. The zero-order valence-corrected chi connectivity index (χ0v) is 8.19. The highest BCUT2D eigenvalue weighted by atomic mass is 16.7. The van der Waals surface area contributed by atoms with E-state index in [0.29, 0.717) is 6.04 Å². The second-order valence-corrected chi connectivity index (χ2v) is 4.04. The van der Waals surface area contributed by atoms with Gasteiger partial charge >= 0.3 is 6.03 Å². The highest BCUT2D eigenvalue weighted by molar-refractivity contribution is 5.73. The van der Waals surface area contributed by atoms with Gasteiger partial charge in [0, 0.05) is 14.1 Å². The Hall–Kier alpha value is -0.770. The number of carbonyl (C=O) groups is 1. The van der Waals surface area contributed by atoms with Gasteiger partial charge in [-0.3, -0.25) is 4.84 Å². The SMILES string of the molecule is CN(C)C(=O)N1OC2CCC1CC2. The van der Waals surface area contributed by atoms with Gasteiger partial charge in [-0.1, -0.05) is 0 Å². The molecular weight excluding hydrogens is 168 g/mol. The van der Waals surface area contributed by atoms with Gasteiger partial charge < -0.3 is 4.90 Å². The number of hydrogen-bond acceptors (Lipinski definition) is 2. The van der Waals surface area contributed by atoms with Crippen molar-refractivity contribution in [3.05, 3.63) is 0 Å². The van der Waals surface area contributed by atoms with E-state index in [1.54, 1.807) is 24.1 Å². The largest absolute Gasteiger partial charge is 0.343 e. The molecule has 2 heterocycles. The molecule has 13 heavy (non-hydrogen) atoms. The van der Waals surface area contributed by atoms with Gasteiger partial charge in [0.1, 0.15) is 0 Å². The zero-order chi connectivity index (χ0) is 9.42. The van der Waals surface area contributed by atoms with Gasteiger partial charge in [0.05, 0.1) is 12.1 Å². The Morgan fingerprint density at radius 3 is 2.31 bits per heavy atom. The quantitative estimate of drug-likeness (QED) is 0.567. The first-order chi connectivity index (χ1) is 6.18. The predicted octanol–water partition coefficient (Wildman–Crippen LogP) is 1.23. The molecule has 4 heteroatoms. The van der Waals surface area contributed by atoms with Gasteiger partial charge in [-0.15, -0.1) is 0 Å². The third-order valence-electron chi connectivity index (χ3n) is 2.81. The summed E-state index contributed by atoms with van der Waals surface area (Å²) in [5, 5.41) is 1.57. The molecule has 4 nitrogen and oxygen atoms in total. The van der Waals surface area contributed by atoms with Gasteiger partial charge in [-0.25, -0.2) is 4.79 Å². The van der Waals surface area contributed by atoms with Crippen LogP contribution < -0.4 is 0 Å². The van der Waals surface area contributed by atoms with Crippen LogP contribution in [0.1, 0.15) is 25.7 Å². The molecule has 0 aromatic heterocycles. The van der Waals surface area contributed by atoms with Crippen molar-refractivity contribution in [2.24, 2.45) is 0 Å². The molecule has 1 aliphatic carbocycles. The Balaban J connectivity index is 2.04. The summed E-state index contributed by atoms with van der Waals surface area (Å²) < 4.78 is 0. The summed E-state index contributed by atoms with van der Waals surface area (Å²) in [6, 6.07) is 0.300. The summed E-state index contributed by atoms with van der Waals surface area (Å²) in [5.41, 5.74) is 0. The lowest BCUT2D eigenvalue weighted by Crippen LogP contribution is -2.54. The van der Waals surface area contributed by atoms with E-state index >= 15 is 0 Å². The zero-order valence-electron chi connectivity index (χ0n) is 8.19. The van der Waals surface area contributed by atoms with Crippen LogP contribution in [0.2, 0.25) is 0 Å². The number of carbonyl (C=O) groups excluding carboxylic acids is 1. The topological polar surface area (TPSA) is 32.8 Å². The van der Waals surface area contributed by atoms with Crippen molar-refractivity contribution in [2.45, 2.75) is 37.8 Å². The van der Waals surface area contributed by atoms with Crippen LogP contribution in [0.5, 0.6) is 0 Å². The minimum Gasteiger partial charge on any atom is -0.329 e. The monoisotopic (exact) mass is 184 g/mol. The smallest absolute Gasteiger partial charge is 0.329 e. The van der Waals surface area contributed by atoms with E-state index in [-0.39, 0.29) is 12.1 Å². The first-order valence-corrected chi connectivity index (χ1v) is 4.86. The van der Waals surface area contributed by atoms with Crippen molar-refractivity contribution in [1.82, 2.24) is 9.96 Å². The minimum atomic E-state index is -0.0191. The summed E-state index contributed by atoms with van der Waals surface area (Å²) in [5.74, 6) is 0. The van der Waals surface area contributed by atoms with E-state index in [0.717, 1.165) is 25.7 Å². The molecule has 0 aromatic rings. The van der Waals surface area contributed by atoms with Crippen molar-refractivity contribution < 1.29 is 9.63 Å². The summed E-state index contributed by atoms with van der Waals surface area (Å²) in [7, 11) is 3.52. The Kier molecular flexibility index (Phi) is 2.15. The van der Waals surface area contributed by atoms with E-state index < -0.39 is 0 Å². The number of rotatable bonds is 0. The highest BCUT2D eigenvalue weighted by Gasteiger charge is 2.38. The van der Waals surface area contributed by atoms with Crippen molar-refractivity contribution >= 4 is 6.03 Å². The van der Waals surface area contributed by atoms with E-state index in [2.05, 4.69) is 0 Å². The molecule has 0 unspecified atom stereocenters. The molecule has 2 amide bonds. The molecule has 3 fully saturated rings. The number of hydrogen-bond donors (Lipinski definition) is 0. The van der Waals surface area contributed by atoms with E-state index in [4.69, 9.17) is 4.84 Å². The van der Waals surface area contributed by atoms with Crippen molar-refractivity contribution in [3.8, 4) is 0 Å². The molecule has 3 aliphatic rings. The first-order valence-electron chi connectivity index (χ1n) is 4.86. The fourth-order valence-corrected chi connectivity index (χ4v) is 2.03. The maximum Gasteiger partial charge on any atom is 0.343 e. The standard InChI is InChI=1S/C9H16N2O2/c1-10(2)9(12)11-7-3-5-8(13-11)6-4-7/h7-8H,3-6H2,1-2H3. The number of amides is 2. The normalized spacial score (nSPS) is 32.0. The van der Waals surface area contributed by atoms with E-state index in [9.17, 15) is 4.79 Å². The highest BCUT2D eigenvalue weighted by Crippen LogP contribution is 2.32. The van der Waals surface area contributed by atoms with Gasteiger partial charge in [-0.05, 0) is 25.7 Å². The average Bonchev–Trinajstić information content (AvgIpc) is 2.18. The van der Waals surface area contributed by atoms with Crippen LogP contribution in [0.3, 0.4) is 0 Å². The maximum absolute atomic E-state index is 11.6. The molecule has 2 saturated heterocycles. The summed E-state index contributed by atoms with van der Waals surface area (Å²) >= 11 is 0. The fourth-order valence-electron chi connectivity index (χ4n) is 2.03. The van der Waals surface area contributed by atoms with Crippen LogP contribution in [-0.2, 0) is 4.84 Å². The lowest BCUT2D eigenvalue weighted by molar-refractivity contribution is -0.244. The van der Waals surface area contributed by atoms with Crippen LogP contribution in [0, 0.1) is 0 Å². The van der Waals surface area contributed by atoms with Crippen LogP contribution in [0.25, 0.3) is 0 Å². The van der Waals surface area contributed by atoms with Crippen molar-refractivity contribution in [2.75, 3.05) is 14.1 Å². The summed E-state index contributed by atoms with van der Waals surface area (Å²) in [6.45, 7) is 0. The second-order valence-electron chi connectivity index (χ2n) is 4.04. The van der Waals surface area contributed by atoms with E-state index in [1.165, 1.54) is 0 Å². The van der Waals surface area contributed by atoms with Crippen LogP contribution in [0.4, 0.5) is 4.79 Å².